The molecule has 0 fully saturated rings. The van der Waals surface area contributed by atoms with Gasteiger partial charge in [0.25, 0.3) is 0 Å². The van der Waals surface area contributed by atoms with E-state index in [4.69, 9.17) is 0 Å². The maximum Gasteiger partial charge on any atom is 0.224 e. The van der Waals surface area contributed by atoms with Crippen LogP contribution in [0, 0.1) is 0 Å². The zero-order chi connectivity index (χ0) is 15.6. The molecule has 1 aromatic carbocycles. The smallest absolute Gasteiger partial charge is 0.224 e. The maximum absolute atomic E-state index is 11.7. The molecule has 0 unspecified atom stereocenters. The Morgan fingerprint density at radius 1 is 0.955 bits per heavy atom. The van der Waals surface area contributed by atoms with Crippen LogP contribution in [-0.2, 0) is 16.0 Å². The van der Waals surface area contributed by atoms with Gasteiger partial charge in [-0.2, -0.15) is 0 Å². The van der Waals surface area contributed by atoms with Crippen LogP contribution in [0.5, 0.6) is 0 Å². The van der Waals surface area contributed by atoms with E-state index in [1.807, 2.05) is 30.3 Å². The fraction of sp³-hybridized carbons (Fsp3) is 0.235. The van der Waals surface area contributed by atoms with E-state index in [1.165, 1.54) is 5.56 Å². The molecule has 0 saturated heterocycles. The number of aromatic nitrogens is 1. The van der Waals surface area contributed by atoms with E-state index in [-0.39, 0.29) is 24.7 Å². The van der Waals surface area contributed by atoms with Gasteiger partial charge in [0, 0.05) is 25.6 Å². The number of amides is 2. The number of carbonyl (C=O) groups excluding carboxylic acids is 2. The van der Waals surface area contributed by atoms with Gasteiger partial charge in [0.05, 0.1) is 11.9 Å². The van der Waals surface area contributed by atoms with Crippen LogP contribution in [0.15, 0.2) is 54.9 Å². The summed E-state index contributed by atoms with van der Waals surface area (Å²) in [7, 11) is 0. The summed E-state index contributed by atoms with van der Waals surface area (Å²) in [6, 6.07) is 13.4. The lowest BCUT2D eigenvalue weighted by Gasteiger charge is -2.06. The fourth-order valence-corrected chi connectivity index (χ4v) is 1.97. The third-order valence-corrected chi connectivity index (χ3v) is 3.10. The number of nitrogens with zero attached hydrogens (tertiary/aromatic N) is 1. The Balaban J connectivity index is 1.62. The van der Waals surface area contributed by atoms with Crippen molar-refractivity contribution < 1.29 is 9.59 Å². The number of hydrogen-bond donors (Lipinski definition) is 2. The van der Waals surface area contributed by atoms with E-state index in [0.717, 1.165) is 6.42 Å². The van der Waals surface area contributed by atoms with Gasteiger partial charge in [0.15, 0.2) is 0 Å². The highest BCUT2D eigenvalue weighted by molar-refractivity contribution is 5.93. The summed E-state index contributed by atoms with van der Waals surface area (Å²) in [6.07, 6.45) is 4.33. The number of benzene rings is 1. The topological polar surface area (TPSA) is 71.1 Å². The fourth-order valence-electron chi connectivity index (χ4n) is 1.97. The second-order valence-electron chi connectivity index (χ2n) is 4.88. The van der Waals surface area contributed by atoms with E-state index >= 15 is 0 Å². The third-order valence-electron chi connectivity index (χ3n) is 3.10. The lowest BCUT2D eigenvalue weighted by Crippen LogP contribution is -2.26. The van der Waals surface area contributed by atoms with Crippen molar-refractivity contribution in [3.8, 4) is 0 Å². The Morgan fingerprint density at radius 3 is 2.45 bits per heavy atom. The molecule has 2 aromatic rings. The predicted octanol–water partition coefficient (Wildman–Crippen LogP) is 2.16. The summed E-state index contributed by atoms with van der Waals surface area (Å²) in [5.74, 6) is -0.302. The Labute approximate surface area is 129 Å². The normalized spacial score (nSPS) is 10.0. The van der Waals surface area contributed by atoms with Gasteiger partial charge in [0.1, 0.15) is 0 Å². The molecule has 5 heteroatoms. The van der Waals surface area contributed by atoms with Gasteiger partial charge in [-0.05, 0) is 24.1 Å². The summed E-state index contributed by atoms with van der Waals surface area (Å²) in [5, 5.41) is 5.52. The lowest BCUT2D eigenvalue weighted by molar-refractivity contribution is -0.124. The van der Waals surface area contributed by atoms with Crippen LogP contribution < -0.4 is 10.6 Å². The van der Waals surface area contributed by atoms with Gasteiger partial charge in [0.2, 0.25) is 11.8 Å². The summed E-state index contributed by atoms with van der Waals surface area (Å²) in [4.78, 5) is 27.3. The van der Waals surface area contributed by atoms with Crippen LogP contribution in [0.2, 0.25) is 0 Å². The maximum atomic E-state index is 11.7. The first-order valence-corrected chi connectivity index (χ1v) is 7.24. The molecule has 22 heavy (non-hydrogen) atoms. The van der Waals surface area contributed by atoms with Crippen LogP contribution >= 0.6 is 0 Å². The SMILES string of the molecule is O=C(CCC(=O)Nc1cccnc1)NCCc1ccccc1. The highest BCUT2D eigenvalue weighted by atomic mass is 16.2. The highest BCUT2D eigenvalue weighted by Crippen LogP contribution is 2.04. The summed E-state index contributed by atoms with van der Waals surface area (Å²) in [5.41, 5.74) is 1.81. The van der Waals surface area contributed by atoms with Gasteiger partial charge >= 0.3 is 0 Å². The predicted molar refractivity (Wildman–Crippen MR) is 85.3 cm³/mol. The summed E-state index contributed by atoms with van der Waals surface area (Å²) < 4.78 is 0. The molecule has 5 nitrogen and oxygen atoms in total. The Kier molecular flexibility index (Phi) is 6.11. The quantitative estimate of drug-likeness (QED) is 0.822. The van der Waals surface area contributed by atoms with Crippen LogP contribution in [0.1, 0.15) is 18.4 Å². The molecular weight excluding hydrogens is 278 g/mol. The van der Waals surface area contributed by atoms with E-state index in [9.17, 15) is 9.59 Å². The van der Waals surface area contributed by atoms with Crippen LogP contribution in [0.25, 0.3) is 0 Å². The number of anilines is 1. The lowest BCUT2D eigenvalue weighted by atomic mass is 10.1. The van der Waals surface area contributed by atoms with Gasteiger partial charge < -0.3 is 10.6 Å². The van der Waals surface area contributed by atoms with Crippen molar-refractivity contribution in [2.75, 3.05) is 11.9 Å². The average molecular weight is 297 g/mol. The van der Waals surface area contributed by atoms with Crippen molar-refractivity contribution >= 4 is 17.5 Å². The van der Waals surface area contributed by atoms with Crippen molar-refractivity contribution in [2.45, 2.75) is 19.3 Å². The van der Waals surface area contributed by atoms with E-state index in [2.05, 4.69) is 15.6 Å². The highest BCUT2D eigenvalue weighted by Gasteiger charge is 2.07. The van der Waals surface area contributed by atoms with Crippen molar-refractivity contribution in [1.29, 1.82) is 0 Å². The first kappa shape index (κ1) is 15.7. The molecule has 1 aromatic heterocycles. The van der Waals surface area contributed by atoms with Crippen molar-refractivity contribution in [1.82, 2.24) is 10.3 Å². The van der Waals surface area contributed by atoms with Crippen LogP contribution in [0.4, 0.5) is 5.69 Å². The van der Waals surface area contributed by atoms with Crippen LogP contribution in [0.3, 0.4) is 0 Å². The second-order valence-corrected chi connectivity index (χ2v) is 4.88. The number of carbonyl (C=O) groups is 2. The largest absolute Gasteiger partial charge is 0.356 e. The minimum absolute atomic E-state index is 0.114. The van der Waals surface area contributed by atoms with Crippen molar-refractivity contribution in [3.63, 3.8) is 0 Å². The van der Waals surface area contributed by atoms with Crippen LogP contribution in [-0.4, -0.2) is 23.3 Å². The number of rotatable bonds is 7. The molecule has 114 valence electrons. The standard InChI is InChI=1S/C17H19N3O2/c21-16(19-12-10-14-5-2-1-3-6-14)8-9-17(22)20-15-7-4-11-18-13-15/h1-7,11,13H,8-10,12H2,(H,19,21)(H,20,22). The first-order chi connectivity index (χ1) is 10.7. The van der Waals surface area contributed by atoms with Gasteiger partial charge in [-0.25, -0.2) is 0 Å². The zero-order valence-corrected chi connectivity index (χ0v) is 12.3. The van der Waals surface area contributed by atoms with Gasteiger partial charge in [-0.3, -0.25) is 14.6 Å². The Hall–Kier alpha value is -2.69. The van der Waals surface area contributed by atoms with E-state index in [1.54, 1.807) is 24.5 Å². The van der Waals surface area contributed by atoms with Crippen molar-refractivity contribution in [3.05, 3.63) is 60.4 Å². The summed E-state index contributed by atoms with van der Waals surface area (Å²) in [6.45, 7) is 0.576. The molecular formula is C17H19N3O2. The molecule has 0 radical (unpaired) electrons. The average Bonchev–Trinajstić information content (AvgIpc) is 2.55. The zero-order valence-electron chi connectivity index (χ0n) is 12.3. The molecule has 0 spiro atoms. The number of nitrogens with one attached hydrogen (secondary N) is 2. The Morgan fingerprint density at radius 2 is 1.73 bits per heavy atom. The molecule has 0 aliphatic heterocycles. The minimum atomic E-state index is -0.189. The molecule has 2 rings (SSSR count). The molecule has 2 amide bonds. The third kappa shape index (κ3) is 5.75. The molecule has 0 atom stereocenters. The van der Waals surface area contributed by atoms with Gasteiger partial charge in [-0.15, -0.1) is 0 Å². The van der Waals surface area contributed by atoms with Gasteiger partial charge in [-0.1, -0.05) is 30.3 Å². The first-order valence-electron chi connectivity index (χ1n) is 7.24. The molecule has 1 heterocycles. The monoisotopic (exact) mass is 297 g/mol. The van der Waals surface area contributed by atoms with E-state index in [0.29, 0.717) is 12.2 Å². The molecule has 0 aliphatic rings. The number of hydrogen-bond acceptors (Lipinski definition) is 3. The van der Waals surface area contributed by atoms with Crippen molar-refractivity contribution in [2.24, 2.45) is 0 Å². The summed E-state index contributed by atoms with van der Waals surface area (Å²) >= 11 is 0. The molecule has 0 aliphatic carbocycles. The molecule has 2 N–H and O–H groups in total. The molecule has 0 saturated carbocycles. The minimum Gasteiger partial charge on any atom is -0.356 e. The van der Waals surface area contributed by atoms with E-state index < -0.39 is 0 Å². The second kappa shape index (κ2) is 8.56. The molecule has 0 bridgehead atoms. The number of pyridine rings is 1. The Bertz CT molecular complexity index is 600.